The second-order valence-corrected chi connectivity index (χ2v) is 9.55. The van der Waals surface area contributed by atoms with Crippen molar-refractivity contribution < 1.29 is 14.3 Å². The minimum atomic E-state index is -0.718. The maximum Gasteiger partial charge on any atom is 0.309 e. The summed E-state index contributed by atoms with van der Waals surface area (Å²) in [6.45, 7) is 1.84. The summed E-state index contributed by atoms with van der Waals surface area (Å²) in [6, 6.07) is 8.58. The minimum Gasteiger partial charge on any atom is -0.481 e. The molecule has 2 aliphatic heterocycles. The number of nitrogens with one attached hydrogen (secondary N) is 1. The van der Waals surface area contributed by atoms with E-state index < -0.39 is 11.4 Å². The second-order valence-electron chi connectivity index (χ2n) is 9.55. The average Bonchev–Trinajstić information content (AvgIpc) is 3.45. The summed E-state index contributed by atoms with van der Waals surface area (Å²) in [4.78, 5) is 24.7. The zero-order chi connectivity index (χ0) is 22.7. The van der Waals surface area contributed by atoms with Crippen molar-refractivity contribution in [1.82, 2.24) is 9.97 Å². The Balaban J connectivity index is 1.35. The van der Waals surface area contributed by atoms with Gasteiger partial charge in [-0.2, -0.15) is 5.10 Å². The van der Waals surface area contributed by atoms with Crippen LogP contribution in [0, 0.1) is 17.2 Å². The number of aromatic nitrogens is 2. The van der Waals surface area contributed by atoms with E-state index in [0.29, 0.717) is 12.8 Å². The van der Waals surface area contributed by atoms with Gasteiger partial charge in [0.15, 0.2) is 6.17 Å². The molecule has 0 amide bonds. The number of aliphatic imine (C=N–C) groups is 1. The van der Waals surface area contributed by atoms with Gasteiger partial charge >= 0.3 is 5.97 Å². The predicted molar refractivity (Wildman–Crippen MR) is 124 cm³/mol. The third-order valence-electron chi connectivity index (χ3n) is 7.47. The molecule has 1 aromatic carbocycles. The fourth-order valence-electron chi connectivity index (χ4n) is 5.36. The minimum absolute atomic E-state index is 0.121. The van der Waals surface area contributed by atoms with Gasteiger partial charge in [-0.1, -0.05) is 0 Å². The lowest BCUT2D eigenvalue weighted by molar-refractivity contribution is -0.150. The Kier molecular flexibility index (Phi) is 4.40. The zero-order valence-corrected chi connectivity index (χ0v) is 18.2. The number of pyridine rings is 1. The number of carboxylic acid groups (broad SMARTS) is 1. The molecule has 168 valence electrons. The van der Waals surface area contributed by atoms with Crippen LogP contribution in [-0.2, 0) is 4.79 Å². The number of hydrazone groups is 1. The number of halogens is 1. The molecule has 0 saturated heterocycles. The van der Waals surface area contributed by atoms with E-state index in [1.165, 1.54) is 12.1 Å². The molecule has 2 N–H and O–H groups in total. The van der Waals surface area contributed by atoms with Gasteiger partial charge in [-0.15, -0.1) is 0 Å². The molecule has 7 nitrogen and oxygen atoms in total. The Bertz CT molecular complexity index is 1320. The normalized spacial score (nSPS) is 28.5. The first kappa shape index (κ1) is 20.1. The van der Waals surface area contributed by atoms with Crippen LogP contribution in [0.25, 0.3) is 10.9 Å². The molecule has 0 bridgehead atoms. The van der Waals surface area contributed by atoms with Crippen molar-refractivity contribution in [1.29, 1.82) is 0 Å². The van der Waals surface area contributed by atoms with Gasteiger partial charge in [-0.25, -0.2) is 9.40 Å². The van der Waals surface area contributed by atoms with Crippen LogP contribution < -0.4 is 5.01 Å². The molecule has 3 aliphatic rings. The van der Waals surface area contributed by atoms with Crippen molar-refractivity contribution in [3.8, 4) is 0 Å². The molecule has 1 saturated carbocycles. The maximum atomic E-state index is 13.8. The Morgan fingerprint density at radius 2 is 2.06 bits per heavy atom. The number of benzene rings is 1. The number of carboxylic acids is 1. The highest BCUT2D eigenvalue weighted by Crippen LogP contribution is 2.44. The highest BCUT2D eigenvalue weighted by Gasteiger charge is 2.43. The van der Waals surface area contributed by atoms with E-state index in [0.717, 1.165) is 46.4 Å². The first-order valence-corrected chi connectivity index (χ1v) is 11.3. The van der Waals surface area contributed by atoms with E-state index >= 15 is 0 Å². The van der Waals surface area contributed by atoms with Crippen LogP contribution in [0.15, 0.2) is 52.8 Å². The van der Waals surface area contributed by atoms with Gasteiger partial charge in [-0.3, -0.25) is 14.8 Å². The summed E-state index contributed by atoms with van der Waals surface area (Å²) in [5, 5.41) is 16.9. The van der Waals surface area contributed by atoms with E-state index in [1.54, 1.807) is 6.07 Å². The number of rotatable bonds is 3. The van der Waals surface area contributed by atoms with E-state index in [4.69, 9.17) is 4.99 Å². The molecule has 2 atom stereocenters. The van der Waals surface area contributed by atoms with Crippen LogP contribution in [-0.4, -0.2) is 39.1 Å². The molecule has 0 spiro atoms. The van der Waals surface area contributed by atoms with E-state index in [1.807, 2.05) is 42.7 Å². The number of aromatic amines is 1. The Labute approximate surface area is 190 Å². The molecule has 1 aliphatic carbocycles. The van der Waals surface area contributed by atoms with Crippen LogP contribution in [0.5, 0.6) is 0 Å². The highest BCUT2D eigenvalue weighted by atomic mass is 19.1. The summed E-state index contributed by atoms with van der Waals surface area (Å²) in [5.74, 6) is -0.00818. The predicted octanol–water partition coefficient (Wildman–Crippen LogP) is 4.70. The lowest BCUT2D eigenvalue weighted by Gasteiger charge is -2.37. The first-order chi connectivity index (χ1) is 15.9. The van der Waals surface area contributed by atoms with Gasteiger partial charge < -0.3 is 10.1 Å². The monoisotopic (exact) mass is 445 g/mol. The fraction of sp³-hybridized carbons (Fsp3) is 0.360. The van der Waals surface area contributed by atoms with E-state index in [9.17, 15) is 14.3 Å². The Morgan fingerprint density at radius 1 is 1.24 bits per heavy atom. The van der Waals surface area contributed by atoms with Gasteiger partial charge in [0.05, 0.1) is 22.6 Å². The van der Waals surface area contributed by atoms with E-state index in [-0.39, 0.29) is 23.8 Å². The summed E-state index contributed by atoms with van der Waals surface area (Å²) >= 11 is 0. The van der Waals surface area contributed by atoms with E-state index in [2.05, 4.69) is 15.1 Å². The number of carbonyl (C=O) groups is 1. The third-order valence-corrected chi connectivity index (χ3v) is 7.47. The van der Waals surface area contributed by atoms with Crippen molar-refractivity contribution in [3.05, 3.63) is 59.7 Å². The first-order valence-electron chi connectivity index (χ1n) is 11.3. The number of aliphatic carboxylic acids is 1. The molecule has 6 rings (SSSR count). The number of hydrogen-bond acceptors (Lipinski definition) is 5. The molecule has 4 heterocycles. The van der Waals surface area contributed by atoms with Crippen LogP contribution in [0.1, 0.15) is 49.7 Å². The number of H-pyrrole nitrogens is 1. The third kappa shape index (κ3) is 3.15. The topological polar surface area (TPSA) is 93.9 Å². The number of fused-ring (bicyclic) bond motifs is 4. The van der Waals surface area contributed by atoms with Crippen molar-refractivity contribution in [2.75, 3.05) is 5.01 Å². The summed E-state index contributed by atoms with van der Waals surface area (Å²) in [7, 11) is 0. The average molecular weight is 445 g/mol. The molecule has 2 unspecified atom stereocenters. The summed E-state index contributed by atoms with van der Waals surface area (Å²) in [5.41, 5.74) is 3.07. The quantitative estimate of drug-likeness (QED) is 0.611. The lowest BCUT2D eigenvalue weighted by atomic mass is 9.70. The standard InChI is InChI=1S/C25H24FN5O2/c1-25(24(32)33)7-4-14(5-8-25)21-18-6-9-27-22(18)31-23(30-21)19(13-29-31)16-10-15-11-17(26)2-3-20(15)28-12-16/h2-3,6,9-14,19,23,27H,4-5,7-8H2,1H3,(H,32,33). The molecule has 33 heavy (non-hydrogen) atoms. The molecule has 0 radical (unpaired) electrons. The fourth-order valence-corrected chi connectivity index (χ4v) is 5.36. The molecule has 1 fully saturated rings. The van der Waals surface area contributed by atoms with Crippen molar-refractivity contribution in [3.63, 3.8) is 0 Å². The number of anilines is 1. The SMILES string of the molecule is CC1(C(=O)O)CCC(C2=NC3C(c4cnc5ccc(F)cc5c4)C=NN3c3[nH]ccc32)CC1. The lowest BCUT2D eigenvalue weighted by Crippen LogP contribution is -2.39. The van der Waals surface area contributed by atoms with Gasteiger partial charge in [0, 0.05) is 35.5 Å². The Morgan fingerprint density at radius 3 is 2.85 bits per heavy atom. The van der Waals surface area contributed by atoms with Gasteiger partial charge in [0.2, 0.25) is 0 Å². The molecule has 2 aromatic heterocycles. The van der Waals surface area contributed by atoms with Gasteiger partial charge in [-0.05, 0) is 68.5 Å². The molecular formula is C25H24FN5O2. The molecule has 8 heteroatoms. The van der Waals surface area contributed by atoms with Crippen molar-refractivity contribution >= 4 is 34.6 Å². The summed E-state index contributed by atoms with van der Waals surface area (Å²) in [6.07, 6.45) is 8.20. The van der Waals surface area contributed by atoms with Gasteiger partial charge in [0.25, 0.3) is 0 Å². The van der Waals surface area contributed by atoms with Crippen molar-refractivity contribution in [2.24, 2.45) is 21.4 Å². The molecule has 3 aromatic rings. The molecular weight excluding hydrogens is 421 g/mol. The summed E-state index contributed by atoms with van der Waals surface area (Å²) < 4.78 is 13.8. The van der Waals surface area contributed by atoms with Crippen LogP contribution in [0.4, 0.5) is 10.2 Å². The van der Waals surface area contributed by atoms with Gasteiger partial charge in [0.1, 0.15) is 11.6 Å². The smallest absolute Gasteiger partial charge is 0.309 e. The zero-order valence-electron chi connectivity index (χ0n) is 18.2. The number of nitrogens with zero attached hydrogens (tertiary/aromatic N) is 4. The van der Waals surface area contributed by atoms with Crippen LogP contribution >= 0.6 is 0 Å². The van der Waals surface area contributed by atoms with Crippen LogP contribution in [0.3, 0.4) is 0 Å². The maximum absolute atomic E-state index is 13.8. The van der Waals surface area contributed by atoms with Crippen LogP contribution in [0.2, 0.25) is 0 Å². The van der Waals surface area contributed by atoms with Crippen molar-refractivity contribution in [2.45, 2.75) is 44.7 Å². The number of hydrogen-bond donors (Lipinski definition) is 2. The largest absolute Gasteiger partial charge is 0.481 e. The second kappa shape index (κ2) is 7.23. The Hall–Kier alpha value is -3.55. The highest BCUT2D eigenvalue weighted by molar-refractivity contribution is 6.08.